The van der Waals surface area contributed by atoms with Crippen LogP contribution in [0.15, 0.2) is 24.5 Å². The number of nitrogens with two attached hydrogens (primary N) is 1. The van der Waals surface area contributed by atoms with E-state index < -0.39 is 0 Å². The van der Waals surface area contributed by atoms with Crippen LogP contribution in [0.5, 0.6) is 0 Å². The van der Waals surface area contributed by atoms with Gasteiger partial charge in [-0.05, 0) is 37.6 Å². The zero-order chi connectivity index (χ0) is 15.4. The Bertz CT molecular complexity index is 565. The molecule has 0 bridgehead atoms. The van der Waals surface area contributed by atoms with Crippen molar-refractivity contribution in [2.45, 2.75) is 19.9 Å². The van der Waals surface area contributed by atoms with E-state index in [1.165, 1.54) is 11.5 Å². The summed E-state index contributed by atoms with van der Waals surface area (Å²) in [5, 5.41) is 4.62. The van der Waals surface area contributed by atoms with Gasteiger partial charge in [-0.15, -0.1) is 0 Å². The standard InChI is InChI=1S/C15H23N5S/c1-10(2)12(9-20(3)4)18-15-13(14(16)19-21-15)11-6-5-7-17-8-11/h5-8,10,12,18H,9H2,1-4H3,(H2,16,19). The van der Waals surface area contributed by atoms with Crippen LogP contribution < -0.4 is 11.1 Å². The summed E-state index contributed by atoms with van der Waals surface area (Å²) in [6.07, 6.45) is 3.58. The molecule has 21 heavy (non-hydrogen) atoms. The van der Waals surface area contributed by atoms with Crippen LogP contribution in [0.3, 0.4) is 0 Å². The van der Waals surface area contributed by atoms with Crippen LogP contribution in [0.4, 0.5) is 10.8 Å². The lowest BCUT2D eigenvalue weighted by atomic mass is 10.0. The zero-order valence-corrected chi connectivity index (χ0v) is 13.8. The van der Waals surface area contributed by atoms with Crippen molar-refractivity contribution in [3.05, 3.63) is 24.5 Å². The molecule has 2 heterocycles. The highest BCUT2D eigenvalue weighted by Crippen LogP contribution is 2.37. The number of nitrogen functional groups attached to an aromatic ring is 1. The summed E-state index contributed by atoms with van der Waals surface area (Å²) >= 11 is 1.41. The first-order chi connectivity index (χ1) is 9.99. The summed E-state index contributed by atoms with van der Waals surface area (Å²) in [5.41, 5.74) is 8.00. The molecule has 0 aromatic carbocycles. The van der Waals surface area contributed by atoms with Gasteiger partial charge in [0.25, 0.3) is 0 Å². The minimum Gasteiger partial charge on any atom is -0.382 e. The molecule has 1 unspecified atom stereocenters. The molecule has 0 spiro atoms. The second-order valence-corrected chi connectivity index (χ2v) is 6.54. The molecule has 0 saturated carbocycles. The SMILES string of the molecule is CC(C)C(CN(C)C)Nc1snc(N)c1-c1cccnc1. The van der Waals surface area contributed by atoms with Gasteiger partial charge in [0.2, 0.25) is 0 Å². The molecule has 0 fully saturated rings. The fourth-order valence-corrected chi connectivity index (χ4v) is 2.97. The highest BCUT2D eigenvalue weighted by molar-refractivity contribution is 7.11. The predicted octanol–water partition coefficient (Wildman–Crippen LogP) is 2.79. The van der Waals surface area contributed by atoms with E-state index in [9.17, 15) is 0 Å². The third-order valence-electron chi connectivity index (χ3n) is 3.35. The molecule has 2 aromatic rings. The first-order valence-corrected chi connectivity index (χ1v) is 7.83. The van der Waals surface area contributed by atoms with Gasteiger partial charge >= 0.3 is 0 Å². The van der Waals surface area contributed by atoms with Crippen LogP contribution in [-0.2, 0) is 0 Å². The smallest absolute Gasteiger partial charge is 0.147 e. The minimum absolute atomic E-state index is 0.343. The van der Waals surface area contributed by atoms with Crippen molar-refractivity contribution in [3.63, 3.8) is 0 Å². The van der Waals surface area contributed by atoms with Crippen molar-refractivity contribution >= 4 is 22.4 Å². The van der Waals surface area contributed by atoms with Crippen molar-refractivity contribution in [1.29, 1.82) is 0 Å². The highest BCUT2D eigenvalue weighted by Gasteiger charge is 2.20. The Morgan fingerprint density at radius 2 is 2.14 bits per heavy atom. The van der Waals surface area contributed by atoms with Crippen molar-refractivity contribution in [2.75, 3.05) is 31.7 Å². The lowest BCUT2D eigenvalue weighted by molar-refractivity contribution is 0.345. The molecule has 0 aliphatic rings. The van der Waals surface area contributed by atoms with Gasteiger partial charge in [0, 0.05) is 30.5 Å². The molecule has 2 aromatic heterocycles. The maximum Gasteiger partial charge on any atom is 0.147 e. The monoisotopic (exact) mass is 305 g/mol. The summed E-state index contributed by atoms with van der Waals surface area (Å²) in [4.78, 5) is 6.36. The van der Waals surface area contributed by atoms with Gasteiger partial charge in [-0.3, -0.25) is 4.98 Å². The number of hydrogen-bond acceptors (Lipinski definition) is 6. The topological polar surface area (TPSA) is 67.1 Å². The van der Waals surface area contributed by atoms with Crippen molar-refractivity contribution in [1.82, 2.24) is 14.3 Å². The third-order valence-corrected chi connectivity index (χ3v) is 4.14. The van der Waals surface area contributed by atoms with Crippen LogP contribution in [0.25, 0.3) is 11.1 Å². The first kappa shape index (κ1) is 15.7. The highest BCUT2D eigenvalue weighted by atomic mass is 32.1. The number of pyridine rings is 1. The zero-order valence-electron chi connectivity index (χ0n) is 13.0. The summed E-state index contributed by atoms with van der Waals surface area (Å²) < 4.78 is 4.30. The average Bonchev–Trinajstić information content (AvgIpc) is 2.79. The third kappa shape index (κ3) is 3.92. The normalized spacial score (nSPS) is 12.9. The van der Waals surface area contributed by atoms with Gasteiger partial charge in [-0.25, -0.2) is 0 Å². The van der Waals surface area contributed by atoms with Gasteiger partial charge in [-0.2, -0.15) is 4.37 Å². The molecule has 1 atom stereocenters. The summed E-state index contributed by atoms with van der Waals surface area (Å²) in [7, 11) is 4.17. The van der Waals surface area contributed by atoms with E-state index in [0.717, 1.165) is 22.7 Å². The average molecular weight is 305 g/mol. The van der Waals surface area contributed by atoms with Gasteiger partial charge < -0.3 is 16.0 Å². The van der Waals surface area contributed by atoms with Crippen LogP contribution in [-0.4, -0.2) is 40.9 Å². The summed E-state index contributed by atoms with van der Waals surface area (Å²) in [6.45, 7) is 5.40. The fraction of sp³-hybridized carbons (Fsp3) is 0.467. The predicted molar refractivity (Wildman–Crippen MR) is 90.6 cm³/mol. The molecule has 0 amide bonds. The minimum atomic E-state index is 0.343. The molecule has 3 N–H and O–H groups in total. The number of likely N-dealkylation sites (N-methyl/N-ethyl adjacent to an activating group) is 1. The van der Waals surface area contributed by atoms with Gasteiger partial charge in [0.1, 0.15) is 10.8 Å². The summed E-state index contributed by atoms with van der Waals surface area (Å²) in [6, 6.07) is 4.26. The van der Waals surface area contributed by atoms with Gasteiger partial charge in [0.05, 0.1) is 5.56 Å². The largest absolute Gasteiger partial charge is 0.382 e. The first-order valence-electron chi connectivity index (χ1n) is 7.06. The van der Waals surface area contributed by atoms with Crippen LogP contribution in [0.1, 0.15) is 13.8 Å². The van der Waals surface area contributed by atoms with Crippen LogP contribution in [0.2, 0.25) is 0 Å². The second-order valence-electron chi connectivity index (χ2n) is 5.77. The molecule has 114 valence electrons. The molecular weight excluding hydrogens is 282 g/mol. The quantitative estimate of drug-likeness (QED) is 0.859. The van der Waals surface area contributed by atoms with E-state index in [-0.39, 0.29) is 0 Å². The number of rotatable bonds is 6. The van der Waals surface area contributed by atoms with E-state index in [1.807, 2.05) is 18.3 Å². The number of hydrogen-bond donors (Lipinski definition) is 2. The molecule has 0 radical (unpaired) electrons. The number of nitrogens with one attached hydrogen (secondary N) is 1. The second kappa shape index (κ2) is 6.87. The lowest BCUT2D eigenvalue weighted by Crippen LogP contribution is -2.36. The lowest BCUT2D eigenvalue weighted by Gasteiger charge is -2.26. The molecule has 0 aliphatic heterocycles. The Labute approximate surface area is 130 Å². The Balaban J connectivity index is 2.28. The molecular formula is C15H23N5S. The Hall–Kier alpha value is -1.66. The molecule has 6 heteroatoms. The van der Waals surface area contributed by atoms with Crippen molar-refractivity contribution < 1.29 is 0 Å². The number of anilines is 2. The van der Waals surface area contributed by atoms with E-state index in [1.54, 1.807) is 6.20 Å². The Morgan fingerprint density at radius 3 is 2.71 bits per heavy atom. The maximum absolute atomic E-state index is 6.05. The molecule has 0 saturated heterocycles. The molecule has 0 aliphatic carbocycles. The van der Waals surface area contributed by atoms with E-state index in [2.05, 4.69) is 47.5 Å². The summed E-state index contributed by atoms with van der Waals surface area (Å²) in [5.74, 6) is 1.07. The fourth-order valence-electron chi connectivity index (χ4n) is 2.18. The molecule has 2 rings (SSSR count). The van der Waals surface area contributed by atoms with Gasteiger partial charge in [-0.1, -0.05) is 19.9 Å². The molecule has 5 nitrogen and oxygen atoms in total. The van der Waals surface area contributed by atoms with Gasteiger partial charge in [0.15, 0.2) is 0 Å². The Kier molecular flexibility index (Phi) is 5.14. The number of nitrogens with zero attached hydrogens (tertiary/aromatic N) is 3. The van der Waals surface area contributed by atoms with Crippen LogP contribution in [0, 0.1) is 5.92 Å². The maximum atomic E-state index is 6.05. The van der Waals surface area contributed by atoms with E-state index in [4.69, 9.17) is 5.73 Å². The van der Waals surface area contributed by atoms with Crippen LogP contribution >= 0.6 is 11.5 Å². The van der Waals surface area contributed by atoms with Crippen molar-refractivity contribution in [3.8, 4) is 11.1 Å². The van der Waals surface area contributed by atoms with E-state index >= 15 is 0 Å². The van der Waals surface area contributed by atoms with Crippen molar-refractivity contribution in [2.24, 2.45) is 5.92 Å². The van der Waals surface area contributed by atoms with E-state index in [0.29, 0.717) is 17.8 Å². The Morgan fingerprint density at radius 1 is 1.38 bits per heavy atom. The number of aromatic nitrogens is 2.